The van der Waals surface area contributed by atoms with Gasteiger partial charge in [0.05, 0.1) is 5.69 Å². The zero-order valence-corrected chi connectivity index (χ0v) is 18.7. The van der Waals surface area contributed by atoms with Crippen LogP contribution in [0.4, 0.5) is 11.4 Å². The third-order valence-electron chi connectivity index (χ3n) is 6.28. The first-order valence-electron chi connectivity index (χ1n) is 10.2. The lowest BCUT2D eigenvalue weighted by Gasteiger charge is -2.34. The lowest BCUT2D eigenvalue weighted by molar-refractivity contribution is 0.103. The Bertz CT molecular complexity index is 1110. The molecule has 3 aromatic rings. The number of aryl methyl sites for hydroxylation is 3. The van der Waals surface area contributed by atoms with E-state index in [9.17, 15) is 4.79 Å². The second-order valence-electron chi connectivity index (χ2n) is 9.35. The predicted octanol–water partition coefficient (Wildman–Crippen LogP) is 5.90. The Morgan fingerprint density at radius 1 is 1.21 bits per heavy atom. The van der Waals surface area contributed by atoms with Gasteiger partial charge in [-0.2, -0.15) is 0 Å². The minimum Gasteiger partial charge on any atom is -0.397 e. The average molecular weight is 408 g/mol. The Balaban J connectivity index is 1.65. The number of benzene rings is 1. The number of amides is 1. The van der Waals surface area contributed by atoms with E-state index in [2.05, 4.69) is 39.1 Å². The van der Waals surface area contributed by atoms with Crippen molar-refractivity contribution in [3.63, 3.8) is 0 Å². The van der Waals surface area contributed by atoms with Crippen molar-refractivity contribution in [2.45, 2.75) is 53.9 Å². The van der Waals surface area contributed by atoms with Gasteiger partial charge in [-0.15, -0.1) is 11.3 Å². The molecule has 2 heterocycles. The van der Waals surface area contributed by atoms with E-state index < -0.39 is 0 Å². The predicted molar refractivity (Wildman–Crippen MR) is 123 cm³/mol. The van der Waals surface area contributed by atoms with E-state index in [1.165, 1.54) is 28.2 Å². The van der Waals surface area contributed by atoms with Gasteiger partial charge in [0.25, 0.3) is 5.91 Å². The van der Waals surface area contributed by atoms with Gasteiger partial charge in [-0.1, -0.05) is 26.8 Å². The van der Waals surface area contributed by atoms with Crippen LogP contribution in [0.1, 0.15) is 59.2 Å². The maximum Gasteiger partial charge on any atom is 0.267 e. The first-order valence-corrected chi connectivity index (χ1v) is 11.0. The van der Waals surface area contributed by atoms with E-state index in [1.807, 2.05) is 25.1 Å². The van der Waals surface area contributed by atoms with Crippen LogP contribution in [-0.4, -0.2) is 10.9 Å². The van der Waals surface area contributed by atoms with Crippen LogP contribution in [0.3, 0.4) is 0 Å². The molecule has 1 amide bonds. The number of nitrogens with one attached hydrogen (secondary N) is 1. The zero-order valence-electron chi connectivity index (χ0n) is 17.8. The molecule has 0 aliphatic heterocycles. The summed E-state index contributed by atoms with van der Waals surface area (Å²) in [4.78, 5) is 19.2. The molecule has 4 nitrogen and oxygen atoms in total. The van der Waals surface area contributed by atoms with Crippen molar-refractivity contribution >= 4 is 38.8 Å². The Labute approximate surface area is 176 Å². The molecular weight excluding hydrogens is 378 g/mol. The molecule has 5 heteroatoms. The fourth-order valence-electron chi connectivity index (χ4n) is 4.11. The fourth-order valence-corrected chi connectivity index (χ4v) is 5.10. The SMILES string of the molecule is Cc1ccc(NC(=O)c2sc3nc4c(cc3c2N)CC(C(C)(C)C)CC4)cc1C. The molecule has 1 aromatic carbocycles. The number of nitrogens with two attached hydrogens (primary N) is 1. The number of aromatic nitrogens is 1. The molecule has 0 radical (unpaired) electrons. The summed E-state index contributed by atoms with van der Waals surface area (Å²) in [5.41, 5.74) is 12.8. The van der Waals surface area contributed by atoms with Crippen molar-refractivity contribution in [2.75, 3.05) is 11.1 Å². The molecule has 2 aromatic heterocycles. The highest BCUT2D eigenvalue weighted by Gasteiger charge is 2.30. The second kappa shape index (κ2) is 7.13. The van der Waals surface area contributed by atoms with Crippen molar-refractivity contribution in [2.24, 2.45) is 11.3 Å². The topological polar surface area (TPSA) is 68.0 Å². The van der Waals surface area contributed by atoms with Crippen molar-refractivity contribution < 1.29 is 4.79 Å². The fraction of sp³-hybridized carbons (Fsp3) is 0.417. The summed E-state index contributed by atoms with van der Waals surface area (Å²) in [5, 5.41) is 3.90. The van der Waals surface area contributed by atoms with Crippen LogP contribution >= 0.6 is 11.3 Å². The summed E-state index contributed by atoms with van der Waals surface area (Å²) in [6.07, 6.45) is 3.19. The van der Waals surface area contributed by atoms with Crippen LogP contribution in [0.15, 0.2) is 24.3 Å². The van der Waals surface area contributed by atoms with Crippen LogP contribution in [0, 0.1) is 25.2 Å². The Morgan fingerprint density at radius 2 is 1.97 bits per heavy atom. The molecule has 29 heavy (non-hydrogen) atoms. The van der Waals surface area contributed by atoms with E-state index in [-0.39, 0.29) is 11.3 Å². The van der Waals surface area contributed by atoms with Crippen LogP contribution in [-0.2, 0) is 12.8 Å². The number of anilines is 2. The van der Waals surface area contributed by atoms with Gasteiger partial charge >= 0.3 is 0 Å². The summed E-state index contributed by atoms with van der Waals surface area (Å²) >= 11 is 1.39. The van der Waals surface area contributed by atoms with E-state index in [1.54, 1.807) is 0 Å². The normalized spacial score (nSPS) is 16.7. The molecule has 1 unspecified atom stereocenters. The third kappa shape index (κ3) is 3.76. The van der Waals surface area contributed by atoms with Gasteiger partial charge in [0.1, 0.15) is 9.71 Å². The number of thiophene rings is 1. The van der Waals surface area contributed by atoms with E-state index in [4.69, 9.17) is 10.7 Å². The maximum atomic E-state index is 12.9. The van der Waals surface area contributed by atoms with Crippen LogP contribution in [0.25, 0.3) is 10.2 Å². The van der Waals surface area contributed by atoms with Gasteiger partial charge in [0, 0.05) is 16.8 Å². The van der Waals surface area contributed by atoms with Crippen molar-refractivity contribution in [1.82, 2.24) is 4.98 Å². The Morgan fingerprint density at radius 3 is 2.66 bits per heavy atom. The molecule has 0 fully saturated rings. The zero-order chi connectivity index (χ0) is 20.9. The number of carbonyl (C=O) groups is 1. The van der Waals surface area contributed by atoms with Gasteiger partial charge in [-0.05, 0) is 79.3 Å². The van der Waals surface area contributed by atoms with Crippen LogP contribution in [0.2, 0.25) is 0 Å². The van der Waals surface area contributed by atoms with Crippen LogP contribution < -0.4 is 11.1 Å². The number of nitrogens with zero attached hydrogens (tertiary/aromatic N) is 1. The number of carbonyl (C=O) groups excluding carboxylic acids is 1. The minimum atomic E-state index is -0.167. The van der Waals surface area contributed by atoms with Gasteiger partial charge in [0.2, 0.25) is 0 Å². The number of fused-ring (bicyclic) bond motifs is 2. The van der Waals surface area contributed by atoms with E-state index in [0.717, 1.165) is 40.7 Å². The standard InChI is InChI=1S/C24H29N3OS/c1-13-6-8-17(10-14(13)2)26-22(28)21-20(25)18-12-15-11-16(24(3,4)5)7-9-19(15)27-23(18)29-21/h6,8,10,12,16H,7,9,11,25H2,1-5H3,(H,26,28). The van der Waals surface area contributed by atoms with E-state index in [0.29, 0.717) is 16.5 Å². The molecule has 1 aliphatic rings. The number of hydrogen-bond acceptors (Lipinski definition) is 4. The molecule has 0 saturated carbocycles. The molecule has 4 rings (SSSR count). The van der Waals surface area contributed by atoms with Gasteiger partial charge in [-0.25, -0.2) is 4.98 Å². The molecule has 152 valence electrons. The first kappa shape index (κ1) is 19.9. The third-order valence-corrected chi connectivity index (χ3v) is 7.40. The van der Waals surface area contributed by atoms with E-state index >= 15 is 0 Å². The minimum absolute atomic E-state index is 0.167. The molecule has 1 aliphatic carbocycles. The van der Waals surface area contributed by atoms with Gasteiger partial charge in [0.15, 0.2) is 0 Å². The molecule has 1 atom stereocenters. The van der Waals surface area contributed by atoms with Gasteiger partial charge in [-0.3, -0.25) is 4.79 Å². The summed E-state index contributed by atoms with van der Waals surface area (Å²) in [6.45, 7) is 11.0. The largest absolute Gasteiger partial charge is 0.397 e. The molecule has 0 spiro atoms. The smallest absolute Gasteiger partial charge is 0.267 e. The molecule has 3 N–H and O–H groups in total. The van der Waals surface area contributed by atoms with Crippen molar-refractivity contribution in [1.29, 1.82) is 0 Å². The molecule has 0 bridgehead atoms. The summed E-state index contributed by atoms with van der Waals surface area (Å²) in [5.74, 6) is 0.473. The highest BCUT2D eigenvalue weighted by molar-refractivity contribution is 7.21. The number of hydrogen-bond donors (Lipinski definition) is 2. The molecule has 0 saturated heterocycles. The Kier molecular flexibility index (Phi) is 4.89. The monoisotopic (exact) mass is 407 g/mol. The maximum absolute atomic E-state index is 12.9. The van der Waals surface area contributed by atoms with Crippen molar-refractivity contribution in [3.8, 4) is 0 Å². The summed E-state index contributed by atoms with van der Waals surface area (Å²) in [7, 11) is 0. The van der Waals surface area contributed by atoms with Gasteiger partial charge < -0.3 is 11.1 Å². The highest BCUT2D eigenvalue weighted by atomic mass is 32.1. The number of nitrogen functional groups attached to an aromatic ring is 1. The Hall–Kier alpha value is -2.40. The number of pyridine rings is 1. The van der Waals surface area contributed by atoms with Crippen LogP contribution in [0.5, 0.6) is 0 Å². The lowest BCUT2D eigenvalue weighted by atomic mass is 9.71. The average Bonchev–Trinajstić information content (AvgIpc) is 2.98. The highest BCUT2D eigenvalue weighted by Crippen LogP contribution is 2.40. The van der Waals surface area contributed by atoms with Crippen molar-refractivity contribution in [3.05, 3.63) is 51.5 Å². The number of rotatable bonds is 2. The second-order valence-corrected chi connectivity index (χ2v) is 10.3. The first-order chi connectivity index (χ1) is 13.6. The summed E-state index contributed by atoms with van der Waals surface area (Å²) in [6, 6.07) is 8.10. The quantitative estimate of drug-likeness (QED) is 0.556. The lowest BCUT2D eigenvalue weighted by Crippen LogP contribution is -2.27. The molecular formula is C24H29N3OS. The summed E-state index contributed by atoms with van der Waals surface area (Å²) < 4.78 is 0.